The summed E-state index contributed by atoms with van der Waals surface area (Å²) < 4.78 is 5.49. The summed E-state index contributed by atoms with van der Waals surface area (Å²) in [6.45, 7) is 2.56. The predicted molar refractivity (Wildman–Crippen MR) is 66.5 cm³/mol. The van der Waals surface area contributed by atoms with Crippen LogP contribution >= 0.6 is 0 Å². The summed E-state index contributed by atoms with van der Waals surface area (Å²) in [4.78, 5) is 0. The van der Waals surface area contributed by atoms with Crippen molar-refractivity contribution in [2.45, 2.75) is 31.1 Å². The Kier molecular flexibility index (Phi) is 3.97. The number of benzene rings is 1. The Hall–Kier alpha value is -0.860. The molecular weight excluding hydrogens is 198 g/mol. The van der Waals surface area contributed by atoms with Crippen molar-refractivity contribution < 1.29 is 4.74 Å². The second-order valence-corrected chi connectivity index (χ2v) is 4.65. The van der Waals surface area contributed by atoms with Gasteiger partial charge in [-0.1, -0.05) is 30.3 Å². The number of rotatable bonds is 4. The van der Waals surface area contributed by atoms with Gasteiger partial charge in [0.25, 0.3) is 0 Å². The molecule has 2 N–H and O–H groups in total. The van der Waals surface area contributed by atoms with Gasteiger partial charge in [0.15, 0.2) is 0 Å². The third-order valence-corrected chi connectivity index (χ3v) is 3.70. The molecule has 0 amide bonds. The van der Waals surface area contributed by atoms with Crippen molar-refractivity contribution in [3.63, 3.8) is 0 Å². The van der Waals surface area contributed by atoms with Crippen LogP contribution in [0.1, 0.15) is 31.2 Å². The fourth-order valence-electron chi connectivity index (χ4n) is 2.68. The predicted octanol–water partition coefficient (Wildman–Crippen LogP) is 2.47. The molecular formula is C14H21NO. The van der Waals surface area contributed by atoms with Gasteiger partial charge in [0.05, 0.1) is 0 Å². The van der Waals surface area contributed by atoms with Crippen LogP contribution in [-0.2, 0) is 10.2 Å². The van der Waals surface area contributed by atoms with E-state index in [1.807, 2.05) is 0 Å². The largest absolute Gasteiger partial charge is 0.381 e. The Morgan fingerprint density at radius 3 is 2.44 bits per heavy atom. The third kappa shape index (κ3) is 2.45. The van der Waals surface area contributed by atoms with E-state index >= 15 is 0 Å². The molecule has 88 valence electrons. The fraction of sp³-hybridized carbons (Fsp3) is 0.571. The smallest absolute Gasteiger partial charge is 0.0474 e. The van der Waals surface area contributed by atoms with Crippen LogP contribution in [0.5, 0.6) is 0 Å². The van der Waals surface area contributed by atoms with Gasteiger partial charge in [-0.3, -0.25) is 0 Å². The zero-order chi connectivity index (χ0) is 11.3. The Labute approximate surface area is 97.8 Å². The van der Waals surface area contributed by atoms with E-state index in [2.05, 4.69) is 30.3 Å². The lowest BCUT2D eigenvalue weighted by Crippen LogP contribution is -2.34. The molecule has 0 saturated carbocycles. The molecule has 2 nitrogen and oxygen atoms in total. The Morgan fingerprint density at radius 2 is 1.81 bits per heavy atom. The fourth-order valence-corrected chi connectivity index (χ4v) is 2.68. The van der Waals surface area contributed by atoms with E-state index in [0.29, 0.717) is 5.41 Å². The number of hydrogen-bond acceptors (Lipinski definition) is 2. The van der Waals surface area contributed by atoms with Crippen molar-refractivity contribution in [2.24, 2.45) is 5.73 Å². The molecule has 1 heterocycles. The highest BCUT2D eigenvalue weighted by Gasteiger charge is 2.33. The standard InChI is InChI=1S/C14H21NO/c15-10-4-7-14(8-11-16-12-9-14)13-5-2-1-3-6-13/h1-3,5-6H,4,7-12,15H2. The summed E-state index contributed by atoms with van der Waals surface area (Å²) >= 11 is 0. The molecule has 16 heavy (non-hydrogen) atoms. The molecule has 2 rings (SSSR count). The van der Waals surface area contributed by atoms with Crippen LogP contribution in [-0.4, -0.2) is 19.8 Å². The van der Waals surface area contributed by atoms with Gasteiger partial charge in [0, 0.05) is 13.2 Å². The molecule has 1 aromatic rings. The highest BCUT2D eigenvalue weighted by atomic mass is 16.5. The van der Waals surface area contributed by atoms with E-state index < -0.39 is 0 Å². The van der Waals surface area contributed by atoms with E-state index in [0.717, 1.165) is 39.0 Å². The molecule has 0 radical (unpaired) electrons. The molecule has 0 aromatic heterocycles. The minimum atomic E-state index is 0.318. The first-order valence-corrected chi connectivity index (χ1v) is 6.21. The molecule has 0 aliphatic carbocycles. The Bertz CT molecular complexity index is 304. The van der Waals surface area contributed by atoms with Crippen LogP contribution in [0.2, 0.25) is 0 Å². The van der Waals surface area contributed by atoms with E-state index in [1.54, 1.807) is 0 Å². The highest BCUT2D eigenvalue weighted by Crippen LogP contribution is 2.38. The van der Waals surface area contributed by atoms with E-state index in [4.69, 9.17) is 10.5 Å². The molecule has 1 aliphatic rings. The quantitative estimate of drug-likeness (QED) is 0.844. The summed E-state index contributed by atoms with van der Waals surface area (Å²) in [6.07, 6.45) is 4.57. The van der Waals surface area contributed by atoms with Crippen LogP contribution in [0.3, 0.4) is 0 Å². The van der Waals surface area contributed by atoms with Gasteiger partial charge >= 0.3 is 0 Å². The summed E-state index contributed by atoms with van der Waals surface area (Å²) in [5.74, 6) is 0. The zero-order valence-electron chi connectivity index (χ0n) is 9.82. The topological polar surface area (TPSA) is 35.2 Å². The molecule has 0 atom stereocenters. The first-order valence-electron chi connectivity index (χ1n) is 6.21. The summed E-state index contributed by atoms with van der Waals surface area (Å²) in [5.41, 5.74) is 7.43. The lowest BCUT2D eigenvalue weighted by molar-refractivity contribution is 0.0462. The Morgan fingerprint density at radius 1 is 1.12 bits per heavy atom. The lowest BCUT2D eigenvalue weighted by atomic mass is 9.71. The molecule has 2 heteroatoms. The number of hydrogen-bond donors (Lipinski definition) is 1. The first kappa shape index (κ1) is 11.6. The highest BCUT2D eigenvalue weighted by molar-refractivity contribution is 5.25. The normalized spacial score (nSPS) is 19.6. The molecule has 1 fully saturated rings. The van der Waals surface area contributed by atoms with E-state index in [9.17, 15) is 0 Å². The van der Waals surface area contributed by atoms with Crippen molar-refractivity contribution in [1.82, 2.24) is 0 Å². The van der Waals surface area contributed by atoms with Crippen molar-refractivity contribution >= 4 is 0 Å². The van der Waals surface area contributed by atoms with E-state index in [1.165, 1.54) is 12.0 Å². The van der Waals surface area contributed by atoms with Crippen LogP contribution in [0.25, 0.3) is 0 Å². The number of nitrogens with two attached hydrogens (primary N) is 1. The number of ether oxygens (including phenoxy) is 1. The third-order valence-electron chi connectivity index (χ3n) is 3.70. The van der Waals surface area contributed by atoms with Gasteiger partial charge < -0.3 is 10.5 Å². The van der Waals surface area contributed by atoms with Crippen LogP contribution in [0.4, 0.5) is 0 Å². The molecule has 1 aromatic carbocycles. The van der Waals surface area contributed by atoms with E-state index in [-0.39, 0.29) is 0 Å². The molecule has 1 aliphatic heterocycles. The van der Waals surface area contributed by atoms with Gasteiger partial charge in [-0.25, -0.2) is 0 Å². The van der Waals surface area contributed by atoms with Gasteiger partial charge in [0.2, 0.25) is 0 Å². The van der Waals surface area contributed by atoms with Crippen molar-refractivity contribution in [3.05, 3.63) is 35.9 Å². The minimum absolute atomic E-state index is 0.318. The molecule has 1 saturated heterocycles. The summed E-state index contributed by atoms with van der Waals surface area (Å²) in [7, 11) is 0. The lowest BCUT2D eigenvalue weighted by Gasteiger charge is -2.38. The van der Waals surface area contributed by atoms with Crippen molar-refractivity contribution in [2.75, 3.05) is 19.8 Å². The van der Waals surface area contributed by atoms with Gasteiger partial charge in [-0.05, 0) is 43.2 Å². The zero-order valence-corrected chi connectivity index (χ0v) is 9.82. The van der Waals surface area contributed by atoms with Gasteiger partial charge in [-0.2, -0.15) is 0 Å². The second kappa shape index (κ2) is 5.46. The summed E-state index contributed by atoms with van der Waals surface area (Å²) in [5, 5.41) is 0. The van der Waals surface area contributed by atoms with Gasteiger partial charge in [-0.15, -0.1) is 0 Å². The second-order valence-electron chi connectivity index (χ2n) is 4.65. The van der Waals surface area contributed by atoms with Gasteiger partial charge in [0.1, 0.15) is 0 Å². The van der Waals surface area contributed by atoms with Crippen molar-refractivity contribution in [1.29, 1.82) is 0 Å². The molecule has 0 bridgehead atoms. The maximum absolute atomic E-state index is 5.65. The van der Waals surface area contributed by atoms with Crippen LogP contribution in [0.15, 0.2) is 30.3 Å². The van der Waals surface area contributed by atoms with Crippen LogP contribution in [0, 0.1) is 0 Å². The monoisotopic (exact) mass is 219 g/mol. The average Bonchev–Trinajstić information content (AvgIpc) is 2.38. The first-order chi connectivity index (χ1) is 7.87. The van der Waals surface area contributed by atoms with Crippen LogP contribution < -0.4 is 5.73 Å². The maximum Gasteiger partial charge on any atom is 0.0474 e. The molecule has 0 unspecified atom stereocenters. The maximum atomic E-state index is 5.65. The SMILES string of the molecule is NCCCC1(c2ccccc2)CCOCC1. The average molecular weight is 219 g/mol. The molecule has 0 spiro atoms. The summed E-state index contributed by atoms with van der Waals surface area (Å²) in [6, 6.07) is 10.9. The minimum Gasteiger partial charge on any atom is -0.381 e. The Balaban J connectivity index is 2.19. The van der Waals surface area contributed by atoms with Crippen molar-refractivity contribution in [3.8, 4) is 0 Å².